The van der Waals surface area contributed by atoms with Gasteiger partial charge in [0, 0.05) is 11.9 Å². The summed E-state index contributed by atoms with van der Waals surface area (Å²) in [7, 11) is 1.68. The van der Waals surface area contributed by atoms with E-state index in [1.807, 2.05) is 24.3 Å². The van der Waals surface area contributed by atoms with Gasteiger partial charge in [-0.25, -0.2) is 0 Å². The lowest BCUT2D eigenvalue weighted by Gasteiger charge is -2.16. The first kappa shape index (κ1) is 11.5. The molecule has 0 fully saturated rings. The van der Waals surface area contributed by atoms with Crippen LogP contribution < -0.4 is 10.1 Å². The molecule has 1 heterocycles. The predicted octanol–water partition coefficient (Wildman–Crippen LogP) is 2.90. The summed E-state index contributed by atoms with van der Waals surface area (Å²) in [6.07, 6.45) is 1.76. The largest absolute Gasteiger partial charge is 0.497 e. The van der Waals surface area contributed by atoms with Gasteiger partial charge in [0.25, 0.3) is 0 Å². The molecule has 0 aliphatic heterocycles. The molecule has 0 spiro atoms. The maximum absolute atomic E-state index is 5.18. The summed E-state index contributed by atoms with van der Waals surface area (Å²) in [4.78, 5) is 0. The van der Waals surface area contributed by atoms with Crippen molar-refractivity contribution >= 4 is 5.69 Å². The topological polar surface area (TPSA) is 49.9 Å². The lowest BCUT2D eigenvalue weighted by Crippen LogP contribution is -2.08. The summed E-state index contributed by atoms with van der Waals surface area (Å²) < 4.78 is 5.18. The molecular weight excluding hydrogens is 214 g/mol. The lowest BCUT2D eigenvalue weighted by atomic mass is 10.1. The first-order chi connectivity index (χ1) is 8.20. The van der Waals surface area contributed by atoms with Gasteiger partial charge in [-0.2, -0.15) is 5.10 Å². The van der Waals surface area contributed by atoms with Crippen LogP contribution in [0.3, 0.4) is 0 Å². The zero-order valence-electron chi connectivity index (χ0n) is 10.3. The number of benzene rings is 1. The third-order valence-corrected chi connectivity index (χ3v) is 2.79. The number of methoxy groups -OCH3 is 1. The van der Waals surface area contributed by atoms with Crippen LogP contribution in [0, 0.1) is 6.92 Å². The Balaban J connectivity index is 2.13. The smallest absolute Gasteiger partial charge is 0.119 e. The fourth-order valence-corrected chi connectivity index (χ4v) is 1.74. The number of ether oxygens (including phenoxy) is 1. The Kier molecular flexibility index (Phi) is 3.32. The molecule has 4 heteroatoms. The molecule has 0 amide bonds. The molecule has 0 aliphatic carbocycles. The SMILES string of the molecule is COc1ccc(NC(C)c2ccn[nH]2)c(C)c1. The van der Waals surface area contributed by atoms with Crippen LogP contribution in [0.25, 0.3) is 0 Å². The second-order valence-electron chi connectivity index (χ2n) is 4.06. The number of anilines is 1. The van der Waals surface area contributed by atoms with Gasteiger partial charge in [0.15, 0.2) is 0 Å². The standard InChI is InChI=1S/C13H17N3O/c1-9-8-11(17-3)4-5-12(9)15-10(2)13-6-7-14-16-13/h4-8,10,15H,1-3H3,(H,14,16). The minimum absolute atomic E-state index is 0.199. The van der Waals surface area contributed by atoms with E-state index in [9.17, 15) is 0 Å². The molecule has 90 valence electrons. The summed E-state index contributed by atoms with van der Waals surface area (Å²) in [5, 5.41) is 10.3. The van der Waals surface area contributed by atoms with Crippen LogP contribution >= 0.6 is 0 Å². The van der Waals surface area contributed by atoms with E-state index in [1.54, 1.807) is 13.3 Å². The molecule has 1 aromatic heterocycles. The van der Waals surface area contributed by atoms with Crippen molar-refractivity contribution in [1.29, 1.82) is 0 Å². The number of hydrogen-bond acceptors (Lipinski definition) is 3. The number of aromatic nitrogens is 2. The van der Waals surface area contributed by atoms with Gasteiger partial charge in [-0.15, -0.1) is 0 Å². The van der Waals surface area contributed by atoms with Crippen LogP contribution in [0.4, 0.5) is 5.69 Å². The van der Waals surface area contributed by atoms with Crippen LogP contribution in [-0.4, -0.2) is 17.3 Å². The Labute approximate surface area is 101 Å². The van der Waals surface area contributed by atoms with Gasteiger partial charge in [-0.1, -0.05) is 0 Å². The molecule has 0 aliphatic rings. The van der Waals surface area contributed by atoms with Crippen molar-refractivity contribution in [3.63, 3.8) is 0 Å². The van der Waals surface area contributed by atoms with Crippen LogP contribution in [0.5, 0.6) is 5.75 Å². The van der Waals surface area contributed by atoms with E-state index >= 15 is 0 Å². The number of rotatable bonds is 4. The van der Waals surface area contributed by atoms with E-state index < -0.39 is 0 Å². The molecule has 1 aromatic carbocycles. The first-order valence-corrected chi connectivity index (χ1v) is 5.61. The molecule has 2 rings (SSSR count). The van der Waals surface area contributed by atoms with E-state index in [-0.39, 0.29) is 6.04 Å². The lowest BCUT2D eigenvalue weighted by molar-refractivity contribution is 0.414. The van der Waals surface area contributed by atoms with Crippen LogP contribution in [0.2, 0.25) is 0 Å². The van der Waals surface area contributed by atoms with E-state index in [4.69, 9.17) is 4.74 Å². The van der Waals surface area contributed by atoms with Crippen LogP contribution in [-0.2, 0) is 0 Å². The van der Waals surface area contributed by atoms with Gasteiger partial charge < -0.3 is 10.1 Å². The number of aryl methyl sites for hydroxylation is 1. The Bertz CT molecular complexity index is 479. The van der Waals surface area contributed by atoms with Crippen LogP contribution in [0.1, 0.15) is 24.2 Å². The van der Waals surface area contributed by atoms with Gasteiger partial charge in [-0.3, -0.25) is 5.10 Å². The zero-order valence-corrected chi connectivity index (χ0v) is 10.3. The molecule has 0 saturated heterocycles. The van der Waals surface area contributed by atoms with Crippen molar-refractivity contribution in [1.82, 2.24) is 10.2 Å². The fraction of sp³-hybridized carbons (Fsp3) is 0.308. The highest BCUT2D eigenvalue weighted by Gasteiger charge is 2.08. The van der Waals surface area contributed by atoms with Gasteiger partial charge in [-0.05, 0) is 43.7 Å². The van der Waals surface area contributed by atoms with Crippen molar-refractivity contribution < 1.29 is 4.74 Å². The highest BCUT2D eigenvalue weighted by Crippen LogP contribution is 2.24. The number of nitrogens with zero attached hydrogens (tertiary/aromatic N) is 1. The van der Waals surface area contributed by atoms with Crippen molar-refractivity contribution in [2.75, 3.05) is 12.4 Å². The van der Waals surface area contributed by atoms with Gasteiger partial charge >= 0.3 is 0 Å². The van der Waals surface area contributed by atoms with Gasteiger partial charge in [0.05, 0.1) is 18.8 Å². The summed E-state index contributed by atoms with van der Waals surface area (Å²) in [5.41, 5.74) is 3.34. The maximum Gasteiger partial charge on any atom is 0.119 e. The molecule has 4 nitrogen and oxygen atoms in total. The fourth-order valence-electron chi connectivity index (χ4n) is 1.74. The molecule has 2 aromatic rings. The second-order valence-corrected chi connectivity index (χ2v) is 4.06. The van der Waals surface area contributed by atoms with Gasteiger partial charge in [0.1, 0.15) is 5.75 Å². The monoisotopic (exact) mass is 231 g/mol. The van der Waals surface area contributed by atoms with Crippen molar-refractivity contribution in [3.05, 3.63) is 41.7 Å². The predicted molar refractivity (Wildman–Crippen MR) is 68.4 cm³/mol. The minimum Gasteiger partial charge on any atom is -0.497 e. The highest BCUT2D eigenvalue weighted by molar-refractivity contribution is 5.54. The Hall–Kier alpha value is -1.97. The first-order valence-electron chi connectivity index (χ1n) is 5.61. The Morgan fingerprint density at radius 2 is 2.18 bits per heavy atom. The molecule has 1 unspecified atom stereocenters. The number of hydrogen-bond donors (Lipinski definition) is 2. The van der Waals surface area contributed by atoms with E-state index in [2.05, 4.69) is 29.4 Å². The number of H-pyrrole nitrogens is 1. The maximum atomic E-state index is 5.18. The zero-order chi connectivity index (χ0) is 12.3. The van der Waals surface area contributed by atoms with E-state index in [1.165, 1.54) is 0 Å². The Morgan fingerprint density at radius 1 is 1.35 bits per heavy atom. The van der Waals surface area contributed by atoms with Crippen molar-refractivity contribution in [2.24, 2.45) is 0 Å². The summed E-state index contributed by atoms with van der Waals surface area (Å²) in [6, 6.07) is 8.17. The average Bonchev–Trinajstić information content (AvgIpc) is 2.85. The molecule has 0 radical (unpaired) electrons. The molecule has 1 atom stereocenters. The van der Waals surface area contributed by atoms with E-state index in [0.29, 0.717) is 0 Å². The summed E-state index contributed by atoms with van der Waals surface area (Å²) >= 11 is 0. The number of nitrogens with one attached hydrogen (secondary N) is 2. The molecular formula is C13H17N3O. The second kappa shape index (κ2) is 4.91. The quantitative estimate of drug-likeness (QED) is 0.850. The minimum atomic E-state index is 0.199. The molecule has 17 heavy (non-hydrogen) atoms. The third kappa shape index (κ3) is 2.58. The Morgan fingerprint density at radius 3 is 2.76 bits per heavy atom. The molecule has 0 bridgehead atoms. The van der Waals surface area contributed by atoms with Gasteiger partial charge in [0.2, 0.25) is 0 Å². The normalized spacial score (nSPS) is 12.2. The summed E-state index contributed by atoms with van der Waals surface area (Å²) in [5.74, 6) is 0.877. The molecule has 2 N–H and O–H groups in total. The highest BCUT2D eigenvalue weighted by atomic mass is 16.5. The number of aromatic amines is 1. The van der Waals surface area contributed by atoms with Crippen LogP contribution in [0.15, 0.2) is 30.5 Å². The van der Waals surface area contributed by atoms with Crippen molar-refractivity contribution in [3.8, 4) is 5.75 Å². The van der Waals surface area contributed by atoms with E-state index in [0.717, 1.165) is 22.7 Å². The average molecular weight is 231 g/mol. The summed E-state index contributed by atoms with van der Waals surface area (Å²) in [6.45, 7) is 4.15. The van der Waals surface area contributed by atoms with Crippen molar-refractivity contribution in [2.45, 2.75) is 19.9 Å². The molecule has 0 saturated carbocycles. The third-order valence-electron chi connectivity index (χ3n) is 2.79.